The van der Waals surface area contributed by atoms with E-state index in [-0.39, 0.29) is 39.9 Å². The zero-order chi connectivity index (χ0) is 4.50. The van der Waals surface area contributed by atoms with Crippen LogP contribution in [0.25, 0.3) is 0 Å². The van der Waals surface area contributed by atoms with Gasteiger partial charge in [0, 0.05) is 0 Å². The summed E-state index contributed by atoms with van der Waals surface area (Å²) in [6.45, 7) is 0. The van der Waals surface area contributed by atoms with Crippen molar-refractivity contribution in [2.75, 3.05) is 0 Å². The minimum Gasteiger partial charge on any atom is -0.861 e. The summed E-state index contributed by atoms with van der Waals surface area (Å²) in [6.07, 6.45) is 0. The number of rotatable bonds is 0. The third-order valence-electron chi connectivity index (χ3n) is 0. The average Bonchev–Trinajstić information content (AvgIpc) is 0.722. The Morgan fingerprint density at radius 2 is 1.17 bits per heavy atom. The minimum atomic E-state index is -5.36. The summed E-state index contributed by atoms with van der Waals surface area (Å²) in [4.78, 5) is 33.1. The van der Waals surface area contributed by atoms with Crippen molar-refractivity contribution in [3.05, 3.63) is 0 Å². The molecule has 6 heteroatoms. The summed E-state index contributed by atoms with van der Waals surface area (Å²) < 4.78 is 0. The second kappa shape index (κ2) is 3.39. The first kappa shape index (κ1) is 10.4. The van der Waals surface area contributed by atoms with Crippen LogP contribution in [0.5, 0.6) is 0 Å². The largest absolute Gasteiger partial charge is 3.00 e. The molecule has 0 bridgehead atoms. The van der Waals surface area contributed by atoms with Crippen molar-refractivity contribution in [3.63, 3.8) is 0 Å². The molecule has 0 aliphatic heterocycles. The van der Waals surface area contributed by atoms with Gasteiger partial charge in [0.05, 0.1) is 0 Å². The van der Waals surface area contributed by atoms with E-state index in [1.807, 2.05) is 0 Å². The molecule has 1 radical (unpaired) electrons. The van der Waals surface area contributed by atoms with Gasteiger partial charge in [0.15, 0.2) is 0 Å². The molecule has 0 amide bonds. The predicted molar refractivity (Wildman–Crippen MR) is 7.97 cm³/mol. The van der Waals surface area contributed by atoms with E-state index in [0.29, 0.717) is 0 Å². The molecule has 37 valence electrons. The second-order valence-electron chi connectivity index (χ2n) is 0.524. The number of hydrogen-bond acceptors (Lipinski definition) is 4. The van der Waals surface area contributed by atoms with Crippen LogP contribution < -0.4 is 14.4 Å². The van der Waals surface area contributed by atoms with Crippen LogP contribution in [-0.2, 0) is 0 Å². The second-order valence-corrected chi connectivity index (χ2v) is 1.57. The topological polar surface area (TPSA) is 89.4 Å². The summed E-state index contributed by atoms with van der Waals surface area (Å²) in [5.74, 6) is 0. The van der Waals surface area contributed by atoms with Gasteiger partial charge in [-0.3, -0.25) is 0 Å². The molecule has 0 aromatic carbocycles. The van der Waals surface area contributed by atoms with Crippen LogP contribution in [0.15, 0.2) is 0 Å². The molecule has 4 nitrogen and oxygen atoms in total. The van der Waals surface area contributed by atoms with Crippen LogP contribution in [0.4, 0.5) is 0 Å². The van der Waals surface area contributed by atoms with Crippen molar-refractivity contribution >= 4 is 9.05 Å². The fourth-order valence-corrected chi connectivity index (χ4v) is 0. The molecule has 0 saturated carbocycles. The smallest absolute Gasteiger partial charge is 0.861 e. The van der Waals surface area contributed by atoms with Gasteiger partial charge in [-0.25, -0.2) is 0 Å². The molecule has 0 aliphatic rings. The molecule has 0 unspecified atom stereocenters. The first-order valence-electron chi connectivity index (χ1n) is 0.836. The van der Waals surface area contributed by atoms with Gasteiger partial charge in [-0.05, 0) is 0 Å². The van der Waals surface area contributed by atoms with Crippen LogP contribution in [-0.4, -0.2) is 13.8 Å². The SMILES string of the molecule is [Gd+3].[O-][Si]([O-])([O-])O. The van der Waals surface area contributed by atoms with E-state index < -0.39 is 9.05 Å². The Labute approximate surface area is 67.6 Å². The number of hydrogen-bond donors (Lipinski definition) is 1. The van der Waals surface area contributed by atoms with Crippen LogP contribution >= 0.6 is 0 Å². The van der Waals surface area contributed by atoms with Gasteiger partial charge in [0.25, 0.3) is 0 Å². The van der Waals surface area contributed by atoms with E-state index in [1.165, 1.54) is 0 Å². The van der Waals surface area contributed by atoms with E-state index >= 15 is 0 Å². The van der Waals surface area contributed by atoms with E-state index in [2.05, 4.69) is 0 Å². The molecule has 0 saturated heterocycles. The molecule has 0 spiro atoms. The summed E-state index contributed by atoms with van der Waals surface area (Å²) in [6, 6.07) is 0. The summed E-state index contributed by atoms with van der Waals surface area (Å²) >= 11 is 0. The quantitative estimate of drug-likeness (QED) is 0.439. The maximum atomic E-state index is 8.69. The maximum Gasteiger partial charge on any atom is 3.00 e. The van der Waals surface area contributed by atoms with Crippen molar-refractivity contribution in [2.24, 2.45) is 0 Å². The Morgan fingerprint density at radius 3 is 1.17 bits per heavy atom. The van der Waals surface area contributed by atoms with Crippen molar-refractivity contribution in [1.29, 1.82) is 0 Å². The molecule has 6 heavy (non-hydrogen) atoms. The molecular formula is HGdO4Si. The van der Waals surface area contributed by atoms with Crippen LogP contribution in [0, 0.1) is 39.9 Å². The van der Waals surface area contributed by atoms with Gasteiger partial charge in [0.1, 0.15) is 0 Å². The zero-order valence-corrected chi connectivity index (χ0v) is 5.79. The first-order chi connectivity index (χ1) is 2.00. The molecule has 0 atom stereocenters. The molecule has 0 aliphatic carbocycles. The zero-order valence-electron chi connectivity index (χ0n) is 2.53. The standard InChI is InChI=1S/Gd.HO4Si/c;1-5(2,3)4/h;1H/q+3;-3. The Hall–Kier alpha value is 1.38. The van der Waals surface area contributed by atoms with Gasteiger partial charge in [-0.15, -0.1) is 9.05 Å². The van der Waals surface area contributed by atoms with Crippen molar-refractivity contribution in [1.82, 2.24) is 0 Å². The molecule has 0 rings (SSSR count). The Balaban J connectivity index is 0. The predicted octanol–water partition coefficient (Wildman–Crippen LogP) is -4.50. The van der Waals surface area contributed by atoms with E-state index in [1.54, 1.807) is 0 Å². The minimum absolute atomic E-state index is 0. The van der Waals surface area contributed by atoms with Crippen molar-refractivity contribution < 1.29 is 59.1 Å². The Morgan fingerprint density at radius 1 is 1.17 bits per heavy atom. The maximum absolute atomic E-state index is 8.69. The summed E-state index contributed by atoms with van der Waals surface area (Å²) in [7, 11) is -5.36. The van der Waals surface area contributed by atoms with Gasteiger partial charge in [-0.1, -0.05) is 0 Å². The van der Waals surface area contributed by atoms with Crippen LogP contribution in [0.2, 0.25) is 0 Å². The monoisotopic (exact) mass is 251 g/mol. The van der Waals surface area contributed by atoms with Gasteiger partial charge < -0.3 is 19.2 Å². The summed E-state index contributed by atoms with van der Waals surface area (Å²) in [5.41, 5.74) is 0. The van der Waals surface area contributed by atoms with E-state index in [4.69, 9.17) is 19.2 Å². The van der Waals surface area contributed by atoms with Crippen molar-refractivity contribution in [3.8, 4) is 0 Å². The molecule has 0 heterocycles. The first-order valence-corrected chi connectivity index (χ1v) is 2.51. The molecule has 0 fully saturated rings. The summed E-state index contributed by atoms with van der Waals surface area (Å²) in [5, 5.41) is 0. The van der Waals surface area contributed by atoms with Gasteiger partial charge in [0.2, 0.25) is 0 Å². The Bertz CT molecular complexity index is 23.0. The fraction of sp³-hybridized carbons (Fsp3) is 0. The van der Waals surface area contributed by atoms with Gasteiger partial charge >= 0.3 is 39.9 Å². The average molecular weight is 250 g/mol. The van der Waals surface area contributed by atoms with Crippen molar-refractivity contribution in [2.45, 2.75) is 0 Å². The Kier molecular flexibility index (Phi) is 5.87. The van der Waals surface area contributed by atoms with Gasteiger partial charge in [-0.2, -0.15) is 0 Å². The normalized spacial score (nSPS) is 10.0. The molecule has 0 aromatic rings. The fourth-order valence-electron chi connectivity index (χ4n) is 0. The van der Waals surface area contributed by atoms with E-state index in [0.717, 1.165) is 0 Å². The van der Waals surface area contributed by atoms with Crippen LogP contribution in [0.1, 0.15) is 0 Å². The molecule has 1 N–H and O–H groups in total. The molecular weight excluding hydrogens is 249 g/mol. The third kappa shape index (κ3) is 54.1. The van der Waals surface area contributed by atoms with E-state index in [9.17, 15) is 0 Å². The molecule has 0 aromatic heterocycles. The van der Waals surface area contributed by atoms with Crippen LogP contribution in [0.3, 0.4) is 0 Å². The third-order valence-corrected chi connectivity index (χ3v) is 0.